The van der Waals surface area contributed by atoms with Crippen LogP contribution in [0.15, 0.2) is 65.1 Å². The number of furan rings is 1. The van der Waals surface area contributed by atoms with Crippen LogP contribution in [-0.2, 0) is 6.54 Å². The molecule has 3 aromatic carbocycles. The standard InChI is InChI=1S/C25H15N3O6S/c29-25(30)34-24-21(14-6-8-19-20(10-14)32-12-31-19)23-22(15-3-1-2-4-18(15)33-23)28(24)11-13-5-7-16-17(9-13)27-35-26-16/h1-10H,11-12H2,(H,29,30). The van der Waals surface area contributed by atoms with E-state index in [4.69, 9.17) is 18.6 Å². The van der Waals surface area contributed by atoms with E-state index in [0.29, 0.717) is 40.3 Å². The Hall–Kier alpha value is -4.57. The molecule has 172 valence electrons. The zero-order valence-corrected chi connectivity index (χ0v) is 18.7. The molecule has 0 bridgehead atoms. The lowest BCUT2D eigenvalue weighted by Crippen LogP contribution is -2.10. The topological polar surface area (TPSA) is 109 Å². The lowest BCUT2D eigenvalue weighted by atomic mass is 10.1. The molecule has 9 nitrogen and oxygen atoms in total. The number of aromatic nitrogens is 3. The molecule has 0 atom stereocenters. The van der Waals surface area contributed by atoms with Crippen molar-refractivity contribution < 1.29 is 28.5 Å². The molecule has 6 aromatic rings. The Morgan fingerprint density at radius 2 is 1.89 bits per heavy atom. The van der Waals surface area contributed by atoms with E-state index in [1.807, 2.05) is 53.1 Å². The van der Waals surface area contributed by atoms with E-state index < -0.39 is 6.16 Å². The van der Waals surface area contributed by atoms with Gasteiger partial charge in [0.05, 0.1) is 29.4 Å². The van der Waals surface area contributed by atoms with Crippen molar-refractivity contribution in [2.45, 2.75) is 6.54 Å². The Bertz CT molecular complexity index is 1780. The largest absolute Gasteiger partial charge is 0.512 e. The third-order valence-corrected chi connectivity index (χ3v) is 6.59. The molecule has 0 amide bonds. The molecule has 0 unspecified atom stereocenters. The molecule has 0 aliphatic carbocycles. The van der Waals surface area contributed by atoms with Crippen LogP contribution in [-0.4, -0.2) is 31.4 Å². The Morgan fingerprint density at radius 3 is 2.80 bits per heavy atom. The fraction of sp³-hybridized carbons (Fsp3) is 0.0800. The van der Waals surface area contributed by atoms with Crippen molar-refractivity contribution in [1.29, 1.82) is 0 Å². The van der Waals surface area contributed by atoms with Gasteiger partial charge >= 0.3 is 6.16 Å². The van der Waals surface area contributed by atoms with Gasteiger partial charge in [-0.15, -0.1) is 0 Å². The van der Waals surface area contributed by atoms with Crippen LogP contribution in [0.4, 0.5) is 4.79 Å². The molecule has 1 aliphatic heterocycles. The fourth-order valence-electron chi connectivity index (χ4n) is 4.56. The molecule has 1 N–H and O–H groups in total. The van der Waals surface area contributed by atoms with Crippen LogP contribution < -0.4 is 14.2 Å². The van der Waals surface area contributed by atoms with E-state index in [-0.39, 0.29) is 12.7 Å². The SMILES string of the molecule is O=C(O)Oc1c(-c2ccc3c(c2)OCO3)c2oc3ccccc3c2n1Cc1ccc2nsnc2c1. The first-order valence-electron chi connectivity index (χ1n) is 10.7. The summed E-state index contributed by atoms with van der Waals surface area (Å²) in [5, 5.41) is 10.5. The van der Waals surface area contributed by atoms with Gasteiger partial charge in [0.2, 0.25) is 12.7 Å². The summed E-state index contributed by atoms with van der Waals surface area (Å²) in [5.74, 6) is 1.36. The van der Waals surface area contributed by atoms with Crippen LogP contribution in [0.3, 0.4) is 0 Å². The average molecular weight is 485 g/mol. The summed E-state index contributed by atoms with van der Waals surface area (Å²) in [7, 11) is 0. The zero-order chi connectivity index (χ0) is 23.5. The average Bonchev–Trinajstić information content (AvgIpc) is 3.62. The minimum atomic E-state index is -1.42. The Balaban J connectivity index is 1.52. The molecule has 4 heterocycles. The maximum atomic E-state index is 11.8. The van der Waals surface area contributed by atoms with Crippen molar-refractivity contribution in [3.8, 4) is 28.5 Å². The van der Waals surface area contributed by atoms with Gasteiger partial charge in [-0.3, -0.25) is 0 Å². The summed E-state index contributed by atoms with van der Waals surface area (Å²) < 4.78 is 33.1. The van der Waals surface area contributed by atoms with Gasteiger partial charge in [0.1, 0.15) is 16.6 Å². The molecule has 10 heteroatoms. The Kier molecular flexibility index (Phi) is 4.24. The normalized spacial score (nSPS) is 12.7. The summed E-state index contributed by atoms with van der Waals surface area (Å²) in [6.45, 7) is 0.465. The maximum Gasteiger partial charge on any atom is 0.512 e. The van der Waals surface area contributed by atoms with E-state index in [0.717, 1.165) is 39.2 Å². The number of hydrogen-bond acceptors (Lipinski definition) is 8. The van der Waals surface area contributed by atoms with Gasteiger partial charge in [-0.2, -0.15) is 8.75 Å². The molecule has 0 spiro atoms. The summed E-state index contributed by atoms with van der Waals surface area (Å²) in [5.41, 5.74) is 5.67. The number of fused-ring (bicyclic) bond motifs is 5. The Morgan fingerprint density at radius 1 is 1.03 bits per heavy atom. The van der Waals surface area contributed by atoms with Crippen LogP contribution >= 0.6 is 11.7 Å². The fourth-order valence-corrected chi connectivity index (χ4v) is 5.08. The monoisotopic (exact) mass is 485 g/mol. The van der Waals surface area contributed by atoms with Crippen LogP contribution in [0.25, 0.3) is 44.2 Å². The second-order valence-electron chi connectivity index (χ2n) is 8.07. The van der Waals surface area contributed by atoms with E-state index in [9.17, 15) is 9.90 Å². The third kappa shape index (κ3) is 3.11. The highest BCUT2D eigenvalue weighted by Crippen LogP contribution is 2.47. The van der Waals surface area contributed by atoms with Crippen molar-refractivity contribution in [3.05, 3.63) is 66.2 Å². The van der Waals surface area contributed by atoms with Crippen LogP contribution in [0.1, 0.15) is 5.56 Å². The van der Waals surface area contributed by atoms with Gasteiger partial charge in [-0.25, -0.2) is 4.79 Å². The molecular formula is C25H15N3O6S. The van der Waals surface area contributed by atoms with Gasteiger partial charge in [-0.05, 0) is 47.5 Å². The van der Waals surface area contributed by atoms with E-state index in [2.05, 4.69) is 8.75 Å². The van der Waals surface area contributed by atoms with Gasteiger partial charge < -0.3 is 28.3 Å². The van der Waals surface area contributed by atoms with Gasteiger partial charge in [0, 0.05) is 5.39 Å². The number of nitrogens with zero attached hydrogens (tertiary/aromatic N) is 3. The minimum Gasteiger partial charge on any atom is -0.454 e. The predicted molar refractivity (Wildman–Crippen MR) is 128 cm³/mol. The first-order valence-corrected chi connectivity index (χ1v) is 11.4. The zero-order valence-electron chi connectivity index (χ0n) is 17.9. The quantitative estimate of drug-likeness (QED) is 0.308. The van der Waals surface area contributed by atoms with Crippen molar-refractivity contribution in [1.82, 2.24) is 13.3 Å². The van der Waals surface area contributed by atoms with Gasteiger partial charge in [-0.1, -0.05) is 24.3 Å². The number of rotatable bonds is 4. The van der Waals surface area contributed by atoms with Crippen molar-refractivity contribution >= 4 is 51.0 Å². The molecular weight excluding hydrogens is 470 g/mol. The number of ether oxygens (including phenoxy) is 3. The molecule has 0 radical (unpaired) electrons. The number of carbonyl (C=O) groups is 1. The van der Waals surface area contributed by atoms with E-state index >= 15 is 0 Å². The van der Waals surface area contributed by atoms with Crippen LogP contribution in [0, 0.1) is 0 Å². The van der Waals surface area contributed by atoms with Crippen molar-refractivity contribution in [3.63, 3.8) is 0 Å². The lowest BCUT2D eigenvalue weighted by Gasteiger charge is -2.11. The summed E-state index contributed by atoms with van der Waals surface area (Å²) in [6.07, 6.45) is -1.42. The predicted octanol–water partition coefficient (Wildman–Crippen LogP) is 5.89. The molecule has 35 heavy (non-hydrogen) atoms. The molecule has 7 rings (SSSR count). The van der Waals surface area contributed by atoms with E-state index in [1.54, 1.807) is 12.1 Å². The molecule has 0 fully saturated rings. The summed E-state index contributed by atoms with van der Waals surface area (Å²) in [4.78, 5) is 11.8. The maximum absolute atomic E-state index is 11.8. The van der Waals surface area contributed by atoms with Crippen molar-refractivity contribution in [2.24, 2.45) is 0 Å². The van der Waals surface area contributed by atoms with Gasteiger partial charge in [0.15, 0.2) is 17.1 Å². The molecule has 3 aromatic heterocycles. The van der Waals surface area contributed by atoms with Crippen molar-refractivity contribution in [2.75, 3.05) is 6.79 Å². The number of carboxylic acid groups (broad SMARTS) is 1. The van der Waals surface area contributed by atoms with Gasteiger partial charge in [0.25, 0.3) is 0 Å². The number of para-hydroxylation sites is 1. The smallest absolute Gasteiger partial charge is 0.454 e. The minimum absolute atomic E-state index is 0.131. The molecule has 0 saturated carbocycles. The highest BCUT2D eigenvalue weighted by molar-refractivity contribution is 7.00. The van der Waals surface area contributed by atoms with Crippen LogP contribution in [0.2, 0.25) is 0 Å². The summed E-state index contributed by atoms with van der Waals surface area (Å²) in [6, 6.07) is 18.9. The highest BCUT2D eigenvalue weighted by Gasteiger charge is 2.28. The first-order chi connectivity index (χ1) is 17.2. The van der Waals surface area contributed by atoms with Crippen LogP contribution in [0.5, 0.6) is 17.4 Å². The lowest BCUT2D eigenvalue weighted by molar-refractivity contribution is 0.141. The summed E-state index contributed by atoms with van der Waals surface area (Å²) >= 11 is 1.15. The number of benzene rings is 3. The number of hydrogen-bond donors (Lipinski definition) is 1. The molecule has 1 aliphatic rings. The highest BCUT2D eigenvalue weighted by atomic mass is 32.1. The van der Waals surface area contributed by atoms with E-state index in [1.165, 1.54) is 0 Å². The second-order valence-corrected chi connectivity index (χ2v) is 8.59. The first kappa shape index (κ1) is 19.9. The molecule has 0 saturated heterocycles. The Labute approximate surface area is 201 Å². The third-order valence-electron chi connectivity index (χ3n) is 6.03. The second kappa shape index (κ2) is 7.47.